The van der Waals surface area contributed by atoms with Crippen molar-refractivity contribution in [3.8, 4) is 6.07 Å². The van der Waals surface area contributed by atoms with Gasteiger partial charge < -0.3 is 4.42 Å². The smallest absolute Gasteiger partial charge is 0.207 e. The normalized spacial score (nSPS) is 10.0. The fraction of sp³-hybridized carbons (Fsp3) is 0. The summed E-state index contributed by atoms with van der Waals surface area (Å²) in [4.78, 5) is 11.3. The van der Waals surface area contributed by atoms with Crippen molar-refractivity contribution >= 4 is 11.0 Å². The fourth-order valence-corrected chi connectivity index (χ4v) is 1.18. The summed E-state index contributed by atoms with van der Waals surface area (Å²) >= 11 is 0. The molecule has 2 aromatic rings. The molecule has 0 aliphatic rings. The van der Waals surface area contributed by atoms with Crippen LogP contribution in [0.4, 0.5) is 4.39 Å². The van der Waals surface area contributed by atoms with Gasteiger partial charge in [0.1, 0.15) is 17.5 Å². The number of halogens is 1. The van der Waals surface area contributed by atoms with Crippen LogP contribution in [-0.2, 0) is 0 Å². The number of rotatable bonds is 0. The summed E-state index contributed by atoms with van der Waals surface area (Å²) in [6.45, 7) is 0. The first-order valence-electron chi connectivity index (χ1n) is 3.84. The van der Waals surface area contributed by atoms with Crippen LogP contribution in [0.5, 0.6) is 0 Å². The highest BCUT2D eigenvalue weighted by molar-refractivity contribution is 5.76. The van der Waals surface area contributed by atoms with E-state index in [1.165, 1.54) is 12.1 Å². The minimum absolute atomic E-state index is 0.0749. The van der Waals surface area contributed by atoms with Gasteiger partial charge >= 0.3 is 0 Å². The topological polar surface area (TPSA) is 54.0 Å². The first-order valence-corrected chi connectivity index (χ1v) is 3.84. The van der Waals surface area contributed by atoms with Crippen molar-refractivity contribution in [3.05, 3.63) is 46.1 Å². The maximum Gasteiger partial charge on any atom is 0.207 e. The minimum Gasteiger partial charge on any atom is -0.445 e. The first-order chi connectivity index (χ1) is 6.70. The Balaban J connectivity index is 2.92. The molecule has 0 fully saturated rings. The van der Waals surface area contributed by atoms with Crippen molar-refractivity contribution < 1.29 is 8.81 Å². The average Bonchev–Trinajstić information content (AvgIpc) is 2.19. The average molecular weight is 189 g/mol. The van der Waals surface area contributed by atoms with Gasteiger partial charge in [-0.3, -0.25) is 4.79 Å². The summed E-state index contributed by atoms with van der Waals surface area (Å²) in [7, 11) is 0. The number of nitrogens with zero attached hydrogens (tertiary/aromatic N) is 1. The molecule has 0 spiro atoms. The molecule has 0 saturated carbocycles. The number of nitriles is 1. The molecule has 0 bridgehead atoms. The monoisotopic (exact) mass is 189 g/mol. The highest BCUT2D eigenvalue weighted by atomic mass is 19.1. The Hall–Kier alpha value is -2.15. The molecule has 0 amide bonds. The van der Waals surface area contributed by atoms with Gasteiger partial charge in [0, 0.05) is 6.07 Å². The van der Waals surface area contributed by atoms with Gasteiger partial charge in [-0.05, 0) is 18.2 Å². The molecule has 1 heterocycles. The number of fused-ring (bicyclic) bond motifs is 1. The van der Waals surface area contributed by atoms with Gasteiger partial charge in [-0.2, -0.15) is 5.26 Å². The zero-order valence-electron chi connectivity index (χ0n) is 6.95. The summed E-state index contributed by atoms with van der Waals surface area (Å²) < 4.78 is 17.8. The Bertz CT molecular complexity index is 595. The summed E-state index contributed by atoms with van der Waals surface area (Å²) in [6, 6.07) is 6.34. The third-order valence-corrected chi connectivity index (χ3v) is 1.80. The molecular formula is C10H4FNO2. The Morgan fingerprint density at radius 3 is 2.86 bits per heavy atom. The maximum atomic E-state index is 12.8. The van der Waals surface area contributed by atoms with E-state index in [2.05, 4.69) is 0 Å². The Morgan fingerprint density at radius 2 is 2.14 bits per heavy atom. The van der Waals surface area contributed by atoms with E-state index in [1.807, 2.05) is 0 Å². The fourth-order valence-electron chi connectivity index (χ4n) is 1.18. The lowest BCUT2D eigenvalue weighted by atomic mass is 10.2. The molecule has 14 heavy (non-hydrogen) atoms. The molecule has 0 aliphatic carbocycles. The Morgan fingerprint density at radius 1 is 1.36 bits per heavy atom. The van der Waals surface area contributed by atoms with Gasteiger partial charge in [-0.1, -0.05) is 0 Å². The summed E-state index contributed by atoms with van der Waals surface area (Å²) in [5.74, 6) is -0.580. The standard InChI is InChI=1S/C10H4FNO2/c11-6-1-2-10-8(3-6)9(13)4-7(5-12)14-10/h1-4H. The highest BCUT2D eigenvalue weighted by Crippen LogP contribution is 2.12. The number of hydrogen-bond acceptors (Lipinski definition) is 3. The molecule has 0 atom stereocenters. The van der Waals surface area contributed by atoms with Crippen molar-refractivity contribution in [2.75, 3.05) is 0 Å². The molecule has 3 nitrogen and oxygen atoms in total. The zero-order chi connectivity index (χ0) is 10.1. The van der Waals surface area contributed by atoms with Crippen molar-refractivity contribution in [3.63, 3.8) is 0 Å². The highest BCUT2D eigenvalue weighted by Gasteiger charge is 2.04. The van der Waals surface area contributed by atoms with Crippen molar-refractivity contribution in [1.29, 1.82) is 5.26 Å². The van der Waals surface area contributed by atoms with Gasteiger partial charge in [0.05, 0.1) is 5.39 Å². The van der Waals surface area contributed by atoms with E-state index in [0.29, 0.717) is 0 Å². The van der Waals surface area contributed by atoms with Crippen LogP contribution in [0.2, 0.25) is 0 Å². The predicted molar refractivity (Wildman–Crippen MR) is 47.2 cm³/mol. The molecular weight excluding hydrogens is 185 g/mol. The lowest BCUT2D eigenvalue weighted by Gasteiger charge is -1.96. The van der Waals surface area contributed by atoms with Crippen molar-refractivity contribution in [1.82, 2.24) is 0 Å². The summed E-state index contributed by atoms with van der Waals surface area (Å²) in [5, 5.41) is 8.66. The third kappa shape index (κ3) is 1.25. The van der Waals surface area contributed by atoms with Gasteiger partial charge in [0.25, 0.3) is 0 Å². The molecule has 0 N–H and O–H groups in total. The predicted octanol–water partition coefficient (Wildman–Crippen LogP) is 1.80. The van der Waals surface area contributed by atoms with Crippen LogP contribution in [0.1, 0.15) is 5.76 Å². The quantitative estimate of drug-likeness (QED) is 0.634. The van der Waals surface area contributed by atoms with Crippen LogP contribution in [-0.4, -0.2) is 0 Å². The van der Waals surface area contributed by atoms with E-state index < -0.39 is 11.2 Å². The molecule has 68 valence electrons. The minimum atomic E-state index is -0.505. The van der Waals surface area contributed by atoms with E-state index in [4.69, 9.17) is 9.68 Å². The SMILES string of the molecule is N#Cc1cc(=O)c2cc(F)ccc2o1. The van der Waals surface area contributed by atoms with Crippen LogP contribution >= 0.6 is 0 Å². The van der Waals surface area contributed by atoms with Crippen LogP contribution in [0.3, 0.4) is 0 Å². The molecule has 2 rings (SSSR count). The zero-order valence-corrected chi connectivity index (χ0v) is 6.95. The Labute approximate surface area is 78.0 Å². The summed E-state index contributed by atoms with van der Waals surface area (Å²) in [6.07, 6.45) is 0. The molecule has 0 saturated heterocycles. The largest absolute Gasteiger partial charge is 0.445 e. The van der Waals surface area contributed by atoms with E-state index in [1.54, 1.807) is 6.07 Å². The molecule has 4 heteroatoms. The first kappa shape index (κ1) is 8.45. The van der Waals surface area contributed by atoms with E-state index >= 15 is 0 Å². The van der Waals surface area contributed by atoms with Gasteiger partial charge in [0.15, 0.2) is 5.43 Å². The second-order valence-corrected chi connectivity index (χ2v) is 2.73. The van der Waals surface area contributed by atoms with Gasteiger partial charge in [0.2, 0.25) is 5.76 Å². The van der Waals surface area contributed by atoms with E-state index in [-0.39, 0.29) is 16.7 Å². The molecule has 0 aliphatic heterocycles. The molecule has 1 aromatic heterocycles. The third-order valence-electron chi connectivity index (χ3n) is 1.80. The van der Waals surface area contributed by atoms with Crippen LogP contribution in [0.15, 0.2) is 33.5 Å². The van der Waals surface area contributed by atoms with Gasteiger partial charge in [-0.15, -0.1) is 0 Å². The lowest BCUT2D eigenvalue weighted by Crippen LogP contribution is -2.00. The second-order valence-electron chi connectivity index (χ2n) is 2.73. The van der Waals surface area contributed by atoms with E-state index in [0.717, 1.165) is 12.1 Å². The van der Waals surface area contributed by atoms with Crippen molar-refractivity contribution in [2.45, 2.75) is 0 Å². The van der Waals surface area contributed by atoms with Crippen molar-refractivity contribution in [2.24, 2.45) is 0 Å². The number of hydrogen-bond donors (Lipinski definition) is 0. The number of benzene rings is 1. The Kier molecular flexibility index (Phi) is 1.79. The molecule has 1 aromatic carbocycles. The maximum absolute atomic E-state index is 12.8. The van der Waals surface area contributed by atoms with Crippen LogP contribution in [0, 0.1) is 17.1 Å². The van der Waals surface area contributed by atoms with Crippen LogP contribution < -0.4 is 5.43 Å². The molecule has 0 radical (unpaired) electrons. The van der Waals surface area contributed by atoms with Crippen LogP contribution in [0.25, 0.3) is 11.0 Å². The second kappa shape index (κ2) is 2.96. The van der Waals surface area contributed by atoms with E-state index in [9.17, 15) is 9.18 Å². The molecule has 0 unspecified atom stereocenters. The lowest BCUT2D eigenvalue weighted by molar-refractivity contribution is 0.582. The van der Waals surface area contributed by atoms with Gasteiger partial charge in [-0.25, -0.2) is 4.39 Å². The summed E-state index contributed by atoms with van der Waals surface area (Å²) in [5.41, 5.74) is -0.197.